The van der Waals surface area contributed by atoms with Crippen LogP contribution in [0.3, 0.4) is 0 Å². The van der Waals surface area contributed by atoms with Crippen molar-refractivity contribution in [2.45, 2.75) is 25.9 Å². The summed E-state index contributed by atoms with van der Waals surface area (Å²) in [7, 11) is 1.53. The first-order chi connectivity index (χ1) is 10.0. The van der Waals surface area contributed by atoms with Gasteiger partial charge in [0.2, 0.25) is 0 Å². The molecule has 3 nitrogen and oxygen atoms in total. The van der Waals surface area contributed by atoms with Crippen molar-refractivity contribution < 1.29 is 14.2 Å². The standard InChI is InChI=1S/C17H20FNO2/c1-11(13-6-4-7-14(20)10-13)19-12(2)17-15(18)8-5-9-16(17)21-3/h4-12,19-20H,1-3H3. The second-order valence-corrected chi connectivity index (χ2v) is 5.06. The summed E-state index contributed by atoms with van der Waals surface area (Å²) >= 11 is 0. The molecule has 0 aliphatic heterocycles. The Labute approximate surface area is 124 Å². The Balaban J connectivity index is 2.20. The Kier molecular flexibility index (Phi) is 4.81. The smallest absolute Gasteiger partial charge is 0.131 e. The van der Waals surface area contributed by atoms with Crippen molar-refractivity contribution in [3.8, 4) is 11.5 Å². The number of benzene rings is 2. The number of hydrogen-bond donors (Lipinski definition) is 2. The van der Waals surface area contributed by atoms with Crippen molar-refractivity contribution in [2.24, 2.45) is 0 Å². The number of nitrogens with one attached hydrogen (secondary N) is 1. The quantitative estimate of drug-likeness (QED) is 0.875. The van der Waals surface area contributed by atoms with E-state index in [9.17, 15) is 9.50 Å². The highest BCUT2D eigenvalue weighted by Gasteiger charge is 2.18. The summed E-state index contributed by atoms with van der Waals surface area (Å²) in [5, 5.41) is 12.9. The number of halogens is 1. The fourth-order valence-corrected chi connectivity index (χ4v) is 2.46. The monoisotopic (exact) mass is 289 g/mol. The zero-order valence-corrected chi connectivity index (χ0v) is 12.4. The van der Waals surface area contributed by atoms with Crippen LogP contribution in [-0.2, 0) is 0 Å². The van der Waals surface area contributed by atoms with E-state index in [1.165, 1.54) is 13.2 Å². The molecule has 0 aliphatic carbocycles. The molecule has 2 atom stereocenters. The Morgan fingerprint density at radius 2 is 1.81 bits per heavy atom. The minimum atomic E-state index is -0.294. The highest BCUT2D eigenvalue weighted by molar-refractivity contribution is 5.37. The van der Waals surface area contributed by atoms with E-state index in [4.69, 9.17) is 4.74 Å². The third kappa shape index (κ3) is 3.52. The largest absolute Gasteiger partial charge is 0.508 e. The van der Waals surface area contributed by atoms with Crippen molar-refractivity contribution in [1.29, 1.82) is 0 Å². The summed E-state index contributed by atoms with van der Waals surface area (Å²) in [4.78, 5) is 0. The number of rotatable bonds is 5. The van der Waals surface area contributed by atoms with Crippen molar-refractivity contribution in [3.05, 3.63) is 59.4 Å². The summed E-state index contributed by atoms with van der Waals surface area (Å²) in [6, 6.07) is 11.6. The van der Waals surface area contributed by atoms with E-state index in [-0.39, 0.29) is 23.7 Å². The topological polar surface area (TPSA) is 41.5 Å². The van der Waals surface area contributed by atoms with Gasteiger partial charge in [-0.2, -0.15) is 0 Å². The van der Waals surface area contributed by atoms with Crippen molar-refractivity contribution in [3.63, 3.8) is 0 Å². The Morgan fingerprint density at radius 1 is 1.10 bits per heavy atom. The average molecular weight is 289 g/mol. The van der Waals surface area contributed by atoms with Crippen LogP contribution in [0.4, 0.5) is 4.39 Å². The molecule has 2 aromatic carbocycles. The molecule has 2 unspecified atom stereocenters. The van der Waals surface area contributed by atoms with Crippen LogP contribution in [0.15, 0.2) is 42.5 Å². The maximum Gasteiger partial charge on any atom is 0.131 e. The number of phenols is 1. The summed E-state index contributed by atoms with van der Waals surface area (Å²) in [5.74, 6) is 0.452. The summed E-state index contributed by atoms with van der Waals surface area (Å²) in [6.45, 7) is 3.86. The van der Waals surface area contributed by atoms with Gasteiger partial charge in [-0.05, 0) is 43.7 Å². The SMILES string of the molecule is COc1cccc(F)c1C(C)NC(C)c1cccc(O)c1. The second-order valence-electron chi connectivity index (χ2n) is 5.06. The van der Waals surface area contributed by atoms with Gasteiger partial charge in [-0.3, -0.25) is 0 Å². The lowest BCUT2D eigenvalue weighted by atomic mass is 10.0. The molecular formula is C17H20FNO2. The molecular weight excluding hydrogens is 269 g/mol. The van der Waals surface area contributed by atoms with Gasteiger partial charge in [0.05, 0.1) is 7.11 Å². The Bertz CT molecular complexity index is 615. The zero-order valence-electron chi connectivity index (χ0n) is 12.4. The lowest BCUT2D eigenvalue weighted by Crippen LogP contribution is -2.23. The first kappa shape index (κ1) is 15.3. The lowest BCUT2D eigenvalue weighted by molar-refractivity contribution is 0.387. The molecule has 0 saturated carbocycles. The van der Waals surface area contributed by atoms with Gasteiger partial charge in [0.25, 0.3) is 0 Å². The molecule has 0 saturated heterocycles. The lowest BCUT2D eigenvalue weighted by Gasteiger charge is -2.22. The van der Waals surface area contributed by atoms with Crippen LogP contribution >= 0.6 is 0 Å². The summed E-state index contributed by atoms with van der Waals surface area (Å²) in [5.41, 5.74) is 1.45. The highest BCUT2D eigenvalue weighted by Crippen LogP contribution is 2.29. The van der Waals surface area contributed by atoms with Crippen LogP contribution in [0.2, 0.25) is 0 Å². The minimum Gasteiger partial charge on any atom is -0.508 e. The normalized spacial score (nSPS) is 13.7. The molecule has 2 rings (SSSR count). The fraction of sp³-hybridized carbons (Fsp3) is 0.294. The average Bonchev–Trinajstić information content (AvgIpc) is 2.46. The predicted octanol–water partition coefficient (Wildman–Crippen LogP) is 3.95. The molecule has 0 bridgehead atoms. The zero-order chi connectivity index (χ0) is 15.4. The van der Waals surface area contributed by atoms with Gasteiger partial charge in [-0.1, -0.05) is 18.2 Å². The molecule has 21 heavy (non-hydrogen) atoms. The number of methoxy groups -OCH3 is 1. The van der Waals surface area contributed by atoms with Gasteiger partial charge < -0.3 is 15.2 Å². The first-order valence-corrected chi connectivity index (χ1v) is 6.90. The minimum absolute atomic E-state index is 0.0311. The maximum atomic E-state index is 14.0. The van der Waals surface area contributed by atoms with Crippen LogP contribution in [0.25, 0.3) is 0 Å². The van der Waals surface area contributed by atoms with E-state index in [2.05, 4.69) is 5.32 Å². The van der Waals surface area contributed by atoms with Crippen molar-refractivity contribution in [2.75, 3.05) is 7.11 Å². The predicted molar refractivity (Wildman–Crippen MR) is 81.0 cm³/mol. The van der Waals surface area contributed by atoms with Gasteiger partial charge in [-0.25, -0.2) is 4.39 Å². The van der Waals surface area contributed by atoms with Gasteiger partial charge in [0.1, 0.15) is 17.3 Å². The first-order valence-electron chi connectivity index (χ1n) is 6.90. The van der Waals surface area contributed by atoms with E-state index in [0.29, 0.717) is 11.3 Å². The molecule has 4 heteroatoms. The van der Waals surface area contributed by atoms with E-state index < -0.39 is 0 Å². The molecule has 0 aromatic heterocycles. The molecule has 112 valence electrons. The van der Waals surface area contributed by atoms with Crippen LogP contribution in [0.1, 0.15) is 37.1 Å². The van der Waals surface area contributed by atoms with Gasteiger partial charge in [0, 0.05) is 17.6 Å². The number of ether oxygens (including phenoxy) is 1. The maximum absolute atomic E-state index is 14.0. The Morgan fingerprint density at radius 3 is 2.48 bits per heavy atom. The molecule has 0 fully saturated rings. The molecule has 0 aliphatic rings. The van der Waals surface area contributed by atoms with Crippen LogP contribution in [0.5, 0.6) is 11.5 Å². The van der Waals surface area contributed by atoms with Gasteiger partial charge in [-0.15, -0.1) is 0 Å². The molecule has 2 N–H and O–H groups in total. The summed E-state index contributed by atoms with van der Waals surface area (Å²) < 4.78 is 19.3. The number of phenolic OH excluding ortho intramolecular Hbond substituents is 1. The van der Waals surface area contributed by atoms with Gasteiger partial charge in [0.15, 0.2) is 0 Å². The van der Waals surface area contributed by atoms with E-state index in [1.54, 1.807) is 30.3 Å². The molecule has 0 amide bonds. The van der Waals surface area contributed by atoms with E-state index >= 15 is 0 Å². The fourth-order valence-electron chi connectivity index (χ4n) is 2.46. The van der Waals surface area contributed by atoms with Crippen LogP contribution in [-0.4, -0.2) is 12.2 Å². The molecule has 0 heterocycles. The third-order valence-corrected chi connectivity index (χ3v) is 3.54. The molecule has 2 aromatic rings. The molecule has 0 radical (unpaired) electrons. The van der Waals surface area contributed by atoms with Crippen molar-refractivity contribution in [1.82, 2.24) is 5.32 Å². The Hall–Kier alpha value is -2.07. The highest BCUT2D eigenvalue weighted by atomic mass is 19.1. The third-order valence-electron chi connectivity index (χ3n) is 3.54. The summed E-state index contributed by atoms with van der Waals surface area (Å²) in [6.07, 6.45) is 0. The number of aromatic hydroxyl groups is 1. The second kappa shape index (κ2) is 6.59. The molecule has 0 spiro atoms. The van der Waals surface area contributed by atoms with Gasteiger partial charge >= 0.3 is 0 Å². The van der Waals surface area contributed by atoms with Crippen LogP contribution < -0.4 is 10.1 Å². The van der Waals surface area contributed by atoms with E-state index in [1.807, 2.05) is 19.9 Å². The van der Waals surface area contributed by atoms with Crippen molar-refractivity contribution >= 4 is 0 Å². The van der Waals surface area contributed by atoms with E-state index in [0.717, 1.165) is 5.56 Å². The van der Waals surface area contributed by atoms with Crippen LogP contribution in [0, 0.1) is 5.82 Å². The number of hydrogen-bond acceptors (Lipinski definition) is 3.